The lowest BCUT2D eigenvalue weighted by Gasteiger charge is -1.97. The zero-order valence-corrected chi connectivity index (χ0v) is 9.81. The minimum Gasteiger partial charge on any atom is -0.399 e. The number of hydrogen-bond donors (Lipinski definition) is 1. The Hall–Kier alpha value is -0.870. The highest BCUT2D eigenvalue weighted by Crippen LogP contribution is 2.25. The highest BCUT2D eigenvalue weighted by atomic mass is 79.9. The highest BCUT2D eigenvalue weighted by molar-refractivity contribution is 9.08. The number of nitrogen functional groups attached to an aromatic ring is 1. The molecule has 0 amide bonds. The summed E-state index contributed by atoms with van der Waals surface area (Å²) >= 11 is 5.02. The molecule has 0 saturated carbocycles. The van der Waals surface area contributed by atoms with E-state index in [1.807, 2.05) is 29.6 Å². The van der Waals surface area contributed by atoms with Crippen molar-refractivity contribution in [2.75, 3.05) is 5.73 Å². The third-order valence-electron chi connectivity index (χ3n) is 1.82. The second-order valence-electron chi connectivity index (χ2n) is 2.90. The van der Waals surface area contributed by atoms with E-state index in [4.69, 9.17) is 5.73 Å². The van der Waals surface area contributed by atoms with Crippen molar-refractivity contribution in [1.82, 2.24) is 4.98 Å². The van der Waals surface area contributed by atoms with Crippen LogP contribution in [0.4, 0.5) is 5.69 Å². The number of nitrogens with two attached hydrogens (primary N) is 1. The third-order valence-corrected chi connectivity index (χ3v) is 3.34. The summed E-state index contributed by atoms with van der Waals surface area (Å²) in [5.74, 6) is 0. The summed E-state index contributed by atoms with van der Waals surface area (Å²) in [5.41, 5.74) is 8.63. The maximum atomic E-state index is 5.70. The van der Waals surface area contributed by atoms with Crippen LogP contribution in [0.5, 0.6) is 0 Å². The fraction of sp³-hybridized carbons (Fsp3) is 0.100. The molecule has 1 aromatic heterocycles. The molecule has 0 saturated heterocycles. The van der Waals surface area contributed by atoms with Gasteiger partial charge in [-0.25, -0.2) is 4.98 Å². The fourth-order valence-corrected chi connectivity index (χ4v) is 2.49. The summed E-state index contributed by atoms with van der Waals surface area (Å²) < 4.78 is 0. The van der Waals surface area contributed by atoms with Crippen LogP contribution in [-0.4, -0.2) is 4.98 Å². The van der Waals surface area contributed by atoms with Crippen molar-refractivity contribution in [3.63, 3.8) is 0 Å². The normalized spacial score (nSPS) is 10.4. The van der Waals surface area contributed by atoms with Crippen molar-refractivity contribution in [2.45, 2.75) is 5.33 Å². The number of halogens is 1. The van der Waals surface area contributed by atoms with E-state index in [2.05, 4.69) is 20.9 Å². The quantitative estimate of drug-likeness (QED) is 0.671. The first-order valence-corrected chi connectivity index (χ1v) is 6.16. The molecule has 0 bridgehead atoms. The molecule has 0 spiro atoms. The van der Waals surface area contributed by atoms with Crippen molar-refractivity contribution in [3.8, 4) is 10.6 Å². The molecule has 2 aromatic rings. The Labute approximate surface area is 94.9 Å². The van der Waals surface area contributed by atoms with Gasteiger partial charge >= 0.3 is 0 Å². The van der Waals surface area contributed by atoms with Crippen LogP contribution in [0.15, 0.2) is 29.6 Å². The number of hydrogen-bond acceptors (Lipinski definition) is 3. The molecule has 4 heteroatoms. The molecular weight excluding hydrogens is 260 g/mol. The lowest BCUT2D eigenvalue weighted by Crippen LogP contribution is -1.85. The zero-order chi connectivity index (χ0) is 9.97. The van der Waals surface area contributed by atoms with Gasteiger partial charge in [-0.05, 0) is 12.1 Å². The van der Waals surface area contributed by atoms with Gasteiger partial charge in [0, 0.05) is 22.0 Å². The van der Waals surface area contributed by atoms with Gasteiger partial charge in [-0.1, -0.05) is 28.1 Å². The van der Waals surface area contributed by atoms with Crippen LogP contribution in [-0.2, 0) is 5.33 Å². The molecule has 0 unspecified atom stereocenters. The average molecular weight is 269 g/mol. The van der Waals surface area contributed by atoms with E-state index in [9.17, 15) is 0 Å². The summed E-state index contributed by atoms with van der Waals surface area (Å²) in [6.45, 7) is 0. The van der Waals surface area contributed by atoms with Crippen LogP contribution in [0.2, 0.25) is 0 Å². The largest absolute Gasteiger partial charge is 0.399 e. The van der Waals surface area contributed by atoms with Crippen LogP contribution in [0.1, 0.15) is 5.69 Å². The fourth-order valence-electron chi connectivity index (χ4n) is 1.17. The minimum atomic E-state index is 0.776. The van der Waals surface area contributed by atoms with E-state index in [-0.39, 0.29) is 0 Å². The van der Waals surface area contributed by atoms with E-state index >= 15 is 0 Å². The van der Waals surface area contributed by atoms with E-state index in [0.717, 1.165) is 27.3 Å². The molecule has 2 N–H and O–H groups in total. The summed E-state index contributed by atoms with van der Waals surface area (Å²) in [6.07, 6.45) is 0. The molecular formula is C10H9BrN2S. The number of anilines is 1. The molecule has 1 heterocycles. The van der Waals surface area contributed by atoms with E-state index in [0.29, 0.717) is 0 Å². The minimum absolute atomic E-state index is 0.776. The van der Waals surface area contributed by atoms with Crippen LogP contribution in [0, 0.1) is 0 Å². The molecule has 0 atom stereocenters. The molecule has 0 aliphatic carbocycles. The average Bonchev–Trinajstić information content (AvgIpc) is 2.66. The Kier molecular flexibility index (Phi) is 2.84. The van der Waals surface area contributed by atoms with Gasteiger partial charge in [0.2, 0.25) is 0 Å². The second-order valence-corrected chi connectivity index (χ2v) is 4.32. The standard InChI is InChI=1S/C10H9BrN2S/c11-5-9-6-14-10(13-9)7-2-1-3-8(12)4-7/h1-4,6H,5,12H2. The van der Waals surface area contributed by atoms with Gasteiger partial charge in [-0.2, -0.15) is 0 Å². The van der Waals surface area contributed by atoms with Crippen LogP contribution in [0.25, 0.3) is 10.6 Å². The Morgan fingerprint density at radius 1 is 1.43 bits per heavy atom. The summed E-state index contributed by atoms with van der Waals surface area (Å²) in [7, 11) is 0. The van der Waals surface area contributed by atoms with Gasteiger partial charge in [0.1, 0.15) is 5.01 Å². The number of aromatic nitrogens is 1. The molecule has 0 radical (unpaired) electrons. The number of alkyl halides is 1. The molecule has 0 aliphatic heterocycles. The molecule has 0 aliphatic rings. The van der Waals surface area contributed by atoms with Crippen LogP contribution >= 0.6 is 27.3 Å². The summed E-state index contributed by atoms with van der Waals surface area (Å²) in [4.78, 5) is 4.46. The summed E-state index contributed by atoms with van der Waals surface area (Å²) in [6, 6.07) is 7.78. The van der Waals surface area contributed by atoms with Gasteiger partial charge in [-0.15, -0.1) is 11.3 Å². The van der Waals surface area contributed by atoms with Crippen molar-refractivity contribution in [1.29, 1.82) is 0 Å². The molecule has 0 fully saturated rings. The van der Waals surface area contributed by atoms with Crippen LogP contribution < -0.4 is 5.73 Å². The van der Waals surface area contributed by atoms with Crippen molar-refractivity contribution < 1.29 is 0 Å². The number of benzene rings is 1. The first-order chi connectivity index (χ1) is 6.79. The predicted octanol–water partition coefficient (Wildman–Crippen LogP) is 3.29. The lowest BCUT2D eigenvalue weighted by molar-refractivity contribution is 1.25. The molecule has 72 valence electrons. The van der Waals surface area contributed by atoms with Gasteiger partial charge in [0.25, 0.3) is 0 Å². The Bertz CT molecular complexity index is 439. The van der Waals surface area contributed by atoms with Crippen molar-refractivity contribution in [2.24, 2.45) is 0 Å². The lowest BCUT2D eigenvalue weighted by atomic mass is 10.2. The van der Waals surface area contributed by atoms with Gasteiger partial charge in [0.15, 0.2) is 0 Å². The van der Waals surface area contributed by atoms with Gasteiger partial charge in [-0.3, -0.25) is 0 Å². The monoisotopic (exact) mass is 268 g/mol. The second kappa shape index (κ2) is 4.11. The molecule has 14 heavy (non-hydrogen) atoms. The highest BCUT2D eigenvalue weighted by Gasteiger charge is 2.03. The Morgan fingerprint density at radius 3 is 2.93 bits per heavy atom. The number of nitrogens with zero attached hydrogens (tertiary/aromatic N) is 1. The first-order valence-electron chi connectivity index (χ1n) is 4.16. The van der Waals surface area contributed by atoms with Gasteiger partial charge in [0.05, 0.1) is 5.69 Å². The van der Waals surface area contributed by atoms with E-state index in [1.54, 1.807) is 11.3 Å². The van der Waals surface area contributed by atoms with Gasteiger partial charge < -0.3 is 5.73 Å². The van der Waals surface area contributed by atoms with E-state index < -0.39 is 0 Å². The summed E-state index contributed by atoms with van der Waals surface area (Å²) in [5, 5.41) is 3.87. The Balaban J connectivity index is 2.39. The predicted molar refractivity (Wildman–Crippen MR) is 64.6 cm³/mol. The Morgan fingerprint density at radius 2 is 2.29 bits per heavy atom. The van der Waals surface area contributed by atoms with Crippen LogP contribution in [0.3, 0.4) is 0 Å². The maximum Gasteiger partial charge on any atom is 0.123 e. The smallest absolute Gasteiger partial charge is 0.123 e. The topological polar surface area (TPSA) is 38.9 Å². The third kappa shape index (κ3) is 1.96. The van der Waals surface area contributed by atoms with Crippen molar-refractivity contribution >= 4 is 33.0 Å². The number of rotatable bonds is 2. The van der Waals surface area contributed by atoms with E-state index in [1.165, 1.54) is 0 Å². The molecule has 2 nitrogen and oxygen atoms in total. The zero-order valence-electron chi connectivity index (χ0n) is 7.40. The SMILES string of the molecule is Nc1cccc(-c2nc(CBr)cs2)c1. The molecule has 2 rings (SSSR count). The van der Waals surface area contributed by atoms with Crippen molar-refractivity contribution in [3.05, 3.63) is 35.3 Å². The first kappa shape index (κ1) is 9.68. The molecule has 1 aromatic carbocycles. The maximum absolute atomic E-state index is 5.70. The number of thiazole rings is 1.